The molecule has 0 radical (unpaired) electrons. The molecule has 0 saturated heterocycles. The first kappa shape index (κ1) is 10.6. The minimum atomic E-state index is -2.46. The van der Waals surface area contributed by atoms with Crippen molar-refractivity contribution in [1.29, 1.82) is 0 Å². The molecular formula is C8H11F2NOS. The normalized spacial score (nSPS) is 16.2. The highest BCUT2D eigenvalue weighted by Crippen LogP contribution is 2.29. The van der Waals surface area contributed by atoms with Crippen LogP contribution in [0.4, 0.5) is 8.78 Å². The van der Waals surface area contributed by atoms with Gasteiger partial charge in [-0.3, -0.25) is 0 Å². The molecule has 5 heteroatoms. The van der Waals surface area contributed by atoms with E-state index in [0.29, 0.717) is 5.56 Å². The lowest BCUT2D eigenvalue weighted by Gasteiger charge is -2.12. The van der Waals surface area contributed by atoms with Crippen molar-refractivity contribution in [1.82, 2.24) is 0 Å². The number of hydrogen-bond acceptors (Lipinski definition) is 3. The highest BCUT2D eigenvalue weighted by atomic mass is 32.1. The minimum Gasteiger partial charge on any atom is -0.391 e. The molecule has 13 heavy (non-hydrogen) atoms. The van der Waals surface area contributed by atoms with E-state index in [2.05, 4.69) is 0 Å². The van der Waals surface area contributed by atoms with Gasteiger partial charge in [-0.05, 0) is 23.9 Å². The Kier molecular flexibility index (Phi) is 3.35. The van der Waals surface area contributed by atoms with E-state index in [9.17, 15) is 8.78 Å². The molecule has 3 N–H and O–H groups in total. The Labute approximate surface area is 79.0 Å². The fraction of sp³-hybridized carbons (Fsp3) is 0.500. The number of aliphatic hydroxyl groups is 1. The third-order valence-electron chi connectivity index (χ3n) is 1.76. The van der Waals surface area contributed by atoms with Crippen LogP contribution in [0.3, 0.4) is 0 Å². The number of hydrogen-bond donors (Lipinski definition) is 2. The first-order valence-corrected chi connectivity index (χ1v) is 4.70. The van der Waals surface area contributed by atoms with Crippen molar-refractivity contribution < 1.29 is 13.9 Å². The molecule has 0 fully saturated rings. The molecule has 0 aromatic carbocycles. The van der Waals surface area contributed by atoms with Gasteiger partial charge in [0.15, 0.2) is 0 Å². The maximum Gasteiger partial charge on any atom is 0.272 e. The number of nitrogens with two attached hydrogens (primary N) is 1. The standard InChI is InChI=1S/C8H11F2NOS/c1-4(12)7(11)5-2-6(8(9)10)13-3-5/h2-4,7-8,12H,11H2,1H3. The molecule has 74 valence electrons. The molecular weight excluding hydrogens is 196 g/mol. The third-order valence-corrected chi connectivity index (χ3v) is 2.72. The second-order valence-electron chi connectivity index (χ2n) is 2.85. The Balaban J connectivity index is 2.79. The van der Waals surface area contributed by atoms with Gasteiger partial charge >= 0.3 is 0 Å². The van der Waals surface area contributed by atoms with E-state index in [1.54, 1.807) is 5.38 Å². The van der Waals surface area contributed by atoms with Gasteiger partial charge in [0.25, 0.3) is 6.43 Å². The molecule has 0 saturated carbocycles. The van der Waals surface area contributed by atoms with Crippen molar-refractivity contribution in [2.75, 3.05) is 0 Å². The largest absolute Gasteiger partial charge is 0.391 e. The molecule has 0 aliphatic carbocycles. The molecule has 0 aliphatic heterocycles. The van der Waals surface area contributed by atoms with E-state index < -0.39 is 18.6 Å². The van der Waals surface area contributed by atoms with Crippen molar-refractivity contribution in [3.8, 4) is 0 Å². The Bertz CT molecular complexity index is 275. The number of halogens is 2. The summed E-state index contributed by atoms with van der Waals surface area (Å²) < 4.78 is 24.3. The lowest BCUT2D eigenvalue weighted by atomic mass is 10.1. The number of rotatable bonds is 3. The molecule has 1 aromatic rings. The summed E-state index contributed by atoms with van der Waals surface area (Å²) in [7, 11) is 0. The van der Waals surface area contributed by atoms with E-state index in [1.165, 1.54) is 13.0 Å². The van der Waals surface area contributed by atoms with Gasteiger partial charge in [0.1, 0.15) is 0 Å². The van der Waals surface area contributed by atoms with E-state index >= 15 is 0 Å². The fourth-order valence-corrected chi connectivity index (χ4v) is 1.74. The molecule has 2 unspecified atom stereocenters. The van der Waals surface area contributed by atoms with Gasteiger partial charge in [-0.25, -0.2) is 8.78 Å². The van der Waals surface area contributed by atoms with E-state index in [-0.39, 0.29) is 4.88 Å². The topological polar surface area (TPSA) is 46.2 Å². The molecule has 1 rings (SSSR count). The van der Waals surface area contributed by atoms with Gasteiger partial charge in [-0.15, -0.1) is 11.3 Å². The van der Waals surface area contributed by atoms with Crippen LogP contribution in [0.2, 0.25) is 0 Å². The van der Waals surface area contributed by atoms with Crippen LogP contribution in [-0.4, -0.2) is 11.2 Å². The zero-order valence-corrected chi connectivity index (χ0v) is 7.89. The smallest absolute Gasteiger partial charge is 0.272 e. The molecule has 1 aromatic heterocycles. The van der Waals surface area contributed by atoms with Gasteiger partial charge in [-0.2, -0.15) is 0 Å². The van der Waals surface area contributed by atoms with Crippen molar-refractivity contribution in [3.05, 3.63) is 21.9 Å². The van der Waals surface area contributed by atoms with Crippen molar-refractivity contribution in [2.24, 2.45) is 5.73 Å². The Morgan fingerprint density at radius 2 is 2.15 bits per heavy atom. The summed E-state index contributed by atoms with van der Waals surface area (Å²) >= 11 is 0.962. The fourth-order valence-electron chi connectivity index (χ4n) is 0.936. The number of thiophene rings is 1. The zero-order chi connectivity index (χ0) is 10.0. The molecule has 0 spiro atoms. The summed E-state index contributed by atoms with van der Waals surface area (Å²) in [4.78, 5) is -0.00824. The van der Waals surface area contributed by atoms with E-state index in [4.69, 9.17) is 10.8 Å². The third kappa shape index (κ3) is 2.46. The first-order chi connectivity index (χ1) is 6.02. The molecule has 0 bridgehead atoms. The van der Waals surface area contributed by atoms with Crippen LogP contribution in [-0.2, 0) is 0 Å². The predicted octanol–water partition coefficient (Wildman–Crippen LogP) is 2.07. The van der Waals surface area contributed by atoms with Crippen molar-refractivity contribution in [3.63, 3.8) is 0 Å². The molecule has 0 amide bonds. The molecule has 2 nitrogen and oxygen atoms in total. The summed E-state index contributed by atoms with van der Waals surface area (Å²) in [6.07, 6.45) is -3.18. The maximum atomic E-state index is 12.2. The van der Waals surface area contributed by atoms with Crippen LogP contribution in [0.15, 0.2) is 11.4 Å². The minimum absolute atomic E-state index is 0.00824. The van der Waals surface area contributed by atoms with Gasteiger partial charge in [0.05, 0.1) is 17.0 Å². The lowest BCUT2D eigenvalue weighted by Crippen LogP contribution is -2.22. The lowest BCUT2D eigenvalue weighted by molar-refractivity contribution is 0.154. The SMILES string of the molecule is CC(O)C(N)c1csc(C(F)F)c1. The van der Waals surface area contributed by atoms with Gasteiger partial charge < -0.3 is 10.8 Å². The van der Waals surface area contributed by atoms with Crippen LogP contribution in [0.1, 0.15) is 29.8 Å². The average Bonchev–Trinajstić information content (AvgIpc) is 2.50. The van der Waals surface area contributed by atoms with Crippen LogP contribution in [0.25, 0.3) is 0 Å². The van der Waals surface area contributed by atoms with Gasteiger partial charge in [0, 0.05) is 0 Å². The van der Waals surface area contributed by atoms with Crippen LogP contribution in [0, 0.1) is 0 Å². The summed E-state index contributed by atoms with van der Waals surface area (Å²) in [5.74, 6) is 0. The monoisotopic (exact) mass is 207 g/mol. The Morgan fingerprint density at radius 3 is 2.54 bits per heavy atom. The molecule has 1 heterocycles. The zero-order valence-electron chi connectivity index (χ0n) is 7.08. The Hall–Kier alpha value is -0.520. The van der Waals surface area contributed by atoms with E-state index in [0.717, 1.165) is 11.3 Å². The highest BCUT2D eigenvalue weighted by molar-refractivity contribution is 7.10. The van der Waals surface area contributed by atoms with Gasteiger partial charge in [0.2, 0.25) is 0 Å². The molecule has 2 atom stereocenters. The number of aliphatic hydroxyl groups excluding tert-OH is 1. The average molecular weight is 207 g/mol. The first-order valence-electron chi connectivity index (χ1n) is 3.82. The molecule has 0 aliphatic rings. The predicted molar refractivity (Wildman–Crippen MR) is 47.9 cm³/mol. The second-order valence-corrected chi connectivity index (χ2v) is 3.79. The summed E-state index contributed by atoms with van der Waals surface area (Å²) in [5.41, 5.74) is 6.13. The quantitative estimate of drug-likeness (QED) is 0.797. The summed E-state index contributed by atoms with van der Waals surface area (Å²) in [6, 6.07) is 0.760. The number of alkyl halides is 2. The van der Waals surface area contributed by atoms with Crippen LogP contribution >= 0.6 is 11.3 Å². The summed E-state index contributed by atoms with van der Waals surface area (Å²) in [5, 5.41) is 10.7. The second kappa shape index (κ2) is 4.13. The van der Waals surface area contributed by atoms with Crippen molar-refractivity contribution >= 4 is 11.3 Å². The Morgan fingerprint density at radius 1 is 1.54 bits per heavy atom. The van der Waals surface area contributed by atoms with Crippen molar-refractivity contribution in [2.45, 2.75) is 25.5 Å². The summed E-state index contributed by atoms with van der Waals surface area (Å²) in [6.45, 7) is 1.53. The van der Waals surface area contributed by atoms with Gasteiger partial charge in [-0.1, -0.05) is 0 Å². The van der Waals surface area contributed by atoms with Crippen LogP contribution in [0.5, 0.6) is 0 Å². The highest BCUT2D eigenvalue weighted by Gasteiger charge is 2.16. The maximum absolute atomic E-state index is 12.2. The van der Waals surface area contributed by atoms with E-state index in [1.807, 2.05) is 0 Å². The van der Waals surface area contributed by atoms with Crippen LogP contribution < -0.4 is 5.73 Å².